The number of rotatable bonds is 2. The Morgan fingerprint density at radius 1 is 1.33 bits per heavy atom. The average molecular weight is 241 g/mol. The van der Waals surface area contributed by atoms with Gasteiger partial charge in [-0.25, -0.2) is 0 Å². The number of hydrogen-bond acceptors (Lipinski definition) is 4. The Morgan fingerprint density at radius 2 is 2.17 bits per heavy atom. The third kappa shape index (κ3) is 2.68. The summed E-state index contributed by atoms with van der Waals surface area (Å²) in [5, 5.41) is 11.5. The molecule has 2 aromatic rings. The first kappa shape index (κ1) is 12.2. The quantitative estimate of drug-likeness (QED) is 0.647. The zero-order chi connectivity index (χ0) is 13.0. The van der Waals surface area contributed by atoms with Gasteiger partial charge >= 0.3 is 0 Å². The van der Waals surface area contributed by atoms with Crippen molar-refractivity contribution in [3.8, 4) is 11.3 Å². The van der Waals surface area contributed by atoms with E-state index in [2.05, 4.69) is 25.5 Å². The molecule has 0 radical (unpaired) electrons. The molecule has 0 atom stereocenters. The van der Waals surface area contributed by atoms with Gasteiger partial charge in [-0.1, -0.05) is 0 Å². The molecule has 0 aliphatic heterocycles. The number of nitrogens with zero attached hydrogens (tertiary/aromatic N) is 4. The molecule has 0 aromatic carbocycles. The van der Waals surface area contributed by atoms with Gasteiger partial charge in [0.25, 0.3) is 0 Å². The number of aliphatic imine (C=N–C) groups is 1. The van der Waals surface area contributed by atoms with Crippen LogP contribution < -0.4 is 5.32 Å². The fourth-order valence-electron chi connectivity index (χ4n) is 1.49. The third-order valence-corrected chi connectivity index (χ3v) is 2.58. The first-order valence-electron chi connectivity index (χ1n) is 5.66. The van der Waals surface area contributed by atoms with E-state index >= 15 is 0 Å². The van der Waals surface area contributed by atoms with Crippen molar-refractivity contribution in [1.82, 2.24) is 15.2 Å². The molecule has 0 aliphatic rings. The van der Waals surface area contributed by atoms with Crippen molar-refractivity contribution in [2.24, 2.45) is 4.99 Å². The molecule has 92 valence electrons. The molecule has 0 bridgehead atoms. The van der Waals surface area contributed by atoms with Crippen LogP contribution >= 0.6 is 0 Å². The van der Waals surface area contributed by atoms with Gasteiger partial charge in [-0.15, -0.1) is 10.2 Å². The van der Waals surface area contributed by atoms with Crippen LogP contribution in [0.1, 0.15) is 12.5 Å². The maximum atomic E-state index is 4.19. The minimum atomic E-state index is 0.728. The molecule has 0 saturated carbocycles. The second kappa shape index (κ2) is 5.35. The molecule has 2 heterocycles. The lowest BCUT2D eigenvalue weighted by atomic mass is 10.1. The highest BCUT2D eigenvalue weighted by Gasteiger charge is 2.05. The van der Waals surface area contributed by atoms with Crippen LogP contribution in [0, 0.1) is 6.92 Å². The molecule has 5 nitrogen and oxygen atoms in total. The van der Waals surface area contributed by atoms with Gasteiger partial charge in [0.2, 0.25) is 0 Å². The Bertz CT molecular complexity index is 563. The predicted molar refractivity (Wildman–Crippen MR) is 72.7 cm³/mol. The van der Waals surface area contributed by atoms with Crippen LogP contribution in [-0.2, 0) is 0 Å². The smallest absolute Gasteiger partial charge is 0.156 e. The molecule has 2 aromatic heterocycles. The highest BCUT2D eigenvalue weighted by atomic mass is 15.2. The SMILES string of the molecule is CN=C(C)Nc1nnc(-c2cccnc2)cc1C. The van der Waals surface area contributed by atoms with Crippen LogP contribution in [0.2, 0.25) is 0 Å². The molecule has 0 saturated heterocycles. The van der Waals surface area contributed by atoms with E-state index in [1.54, 1.807) is 19.4 Å². The number of anilines is 1. The number of amidine groups is 1. The summed E-state index contributed by atoms with van der Waals surface area (Å²) in [6.07, 6.45) is 3.51. The van der Waals surface area contributed by atoms with Crippen molar-refractivity contribution in [1.29, 1.82) is 0 Å². The molecule has 0 aliphatic carbocycles. The van der Waals surface area contributed by atoms with E-state index in [4.69, 9.17) is 0 Å². The van der Waals surface area contributed by atoms with Gasteiger partial charge in [0.05, 0.1) is 11.5 Å². The first-order chi connectivity index (χ1) is 8.70. The van der Waals surface area contributed by atoms with E-state index in [1.807, 2.05) is 32.0 Å². The van der Waals surface area contributed by atoms with Crippen molar-refractivity contribution >= 4 is 11.7 Å². The molecule has 0 amide bonds. The van der Waals surface area contributed by atoms with Gasteiger partial charge in [-0.05, 0) is 37.6 Å². The number of aromatic nitrogens is 3. The first-order valence-corrected chi connectivity index (χ1v) is 5.66. The summed E-state index contributed by atoms with van der Waals surface area (Å²) in [5.74, 6) is 1.53. The number of hydrogen-bond donors (Lipinski definition) is 1. The highest BCUT2D eigenvalue weighted by Crippen LogP contribution is 2.19. The summed E-state index contributed by atoms with van der Waals surface area (Å²) >= 11 is 0. The zero-order valence-electron chi connectivity index (χ0n) is 10.7. The van der Waals surface area contributed by atoms with Gasteiger partial charge < -0.3 is 5.32 Å². The topological polar surface area (TPSA) is 63.1 Å². The lowest BCUT2D eigenvalue weighted by Gasteiger charge is -2.08. The Morgan fingerprint density at radius 3 is 2.78 bits per heavy atom. The molecule has 2 rings (SSSR count). The largest absolute Gasteiger partial charge is 0.327 e. The van der Waals surface area contributed by atoms with Crippen LogP contribution in [0.15, 0.2) is 35.6 Å². The molecule has 1 N–H and O–H groups in total. The van der Waals surface area contributed by atoms with E-state index < -0.39 is 0 Å². The molecular weight excluding hydrogens is 226 g/mol. The Labute approximate surface area is 106 Å². The molecule has 0 fully saturated rings. The Kier molecular flexibility index (Phi) is 3.62. The summed E-state index contributed by atoms with van der Waals surface area (Å²) in [5.41, 5.74) is 2.80. The maximum Gasteiger partial charge on any atom is 0.156 e. The highest BCUT2D eigenvalue weighted by molar-refractivity contribution is 5.93. The fraction of sp³-hybridized carbons (Fsp3) is 0.231. The van der Waals surface area contributed by atoms with Crippen LogP contribution in [0.3, 0.4) is 0 Å². The zero-order valence-corrected chi connectivity index (χ0v) is 10.7. The Hall–Kier alpha value is -2.30. The average Bonchev–Trinajstić information content (AvgIpc) is 2.42. The number of nitrogens with one attached hydrogen (secondary N) is 1. The summed E-state index contributed by atoms with van der Waals surface area (Å²) in [6.45, 7) is 3.87. The second-order valence-electron chi connectivity index (χ2n) is 3.94. The molecule has 18 heavy (non-hydrogen) atoms. The van der Waals surface area contributed by atoms with Gasteiger partial charge in [0.15, 0.2) is 5.82 Å². The van der Waals surface area contributed by atoms with E-state index in [-0.39, 0.29) is 0 Å². The standard InChI is InChI=1S/C13H15N5/c1-9-7-12(11-5-4-6-15-8-11)17-18-13(9)16-10(2)14-3/h4-8H,1-3H3,(H,14,16,18). The van der Waals surface area contributed by atoms with Gasteiger partial charge in [0.1, 0.15) is 0 Å². The van der Waals surface area contributed by atoms with Crippen molar-refractivity contribution in [2.45, 2.75) is 13.8 Å². The number of aryl methyl sites for hydroxylation is 1. The van der Waals surface area contributed by atoms with Crippen molar-refractivity contribution < 1.29 is 0 Å². The number of pyridine rings is 1. The monoisotopic (exact) mass is 241 g/mol. The van der Waals surface area contributed by atoms with Crippen molar-refractivity contribution in [2.75, 3.05) is 12.4 Å². The van der Waals surface area contributed by atoms with Gasteiger partial charge in [-0.3, -0.25) is 9.98 Å². The van der Waals surface area contributed by atoms with E-state index in [0.29, 0.717) is 0 Å². The van der Waals surface area contributed by atoms with Crippen molar-refractivity contribution in [3.05, 3.63) is 36.2 Å². The summed E-state index contributed by atoms with van der Waals surface area (Å²) < 4.78 is 0. The third-order valence-electron chi connectivity index (χ3n) is 2.58. The molecule has 0 spiro atoms. The minimum absolute atomic E-state index is 0.728. The normalized spacial score (nSPS) is 11.4. The van der Waals surface area contributed by atoms with Gasteiger partial charge in [0, 0.05) is 25.0 Å². The van der Waals surface area contributed by atoms with Crippen LogP contribution in [0.5, 0.6) is 0 Å². The van der Waals surface area contributed by atoms with Crippen LogP contribution in [0.4, 0.5) is 5.82 Å². The summed E-state index contributed by atoms with van der Waals surface area (Å²) in [6, 6.07) is 5.82. The lowest BCUT2D eigenvalue weighted by Crippen LogP contribution is -2.10. The van der Waals surface area contributed by atoms with Crippen molar-refractivity contribution in [3.63, 3.8) is 0 Å². The predicted octanol–water partition coefficient (Wildman–Crippen LogP) is 2.31. The van der Waals surface area contributed by atoms with E-state index in [9.17, 15) is 0 Å². The molecule has 0 unspecified atom stereocenters. The second-order valence-corrected chi connectivity index (χ2v) is 3.94. The van der Waals surface area contributed by atoms with Gasteiger partial charge in [-0.2, -0.15) is 0 Å². The lowest BCUT2D eigenvalue weighted by molar-refractivity contribution is 1.03. The van der Waals surface area contributed by atoms with E-state index in [0.717, 1.165) is 28.5 Å². The van der Waals surface area contributed by atoms with E-state index in [1.165, 1.54) is 0 Å². The minimum Gasteiger partial charge on any atom is -0.327 e. The maximum absolute atomic E-state index is 4.19. The van der Waals surface area contributed by atoms with Crippen LogP contribution in [-0.4, -0.2) is 28.1 Å². The molecule has 5 heteroatoms. The summed E-state index contributed by atoms with van der Waals surface area (Å²) in [4.78, 5) is 8.11. The van der Waals surface area contributed by atoms with Crippen LogP contribution in [0.25, 0.3) is 11.3 Å². The molecular formula is C13H15N5. The summed E-state index contributed by atoms with van der Waals surface area (Å²) in [7, 11) is 1.73. The fourth-order valence-corrected chi connectivity index (χ4v) is 1.49. The Balaban J connectivity index is 2.31.